The maximum Gasteiger partial charge on any atom is 0.320 e. The van der Waals surface area contributed by atoms with Crippen molar-refractivity contribution in [1.29, 1.82) is 0 Å². The molecular weight excluding hydrogens is 266 g/mol. The molecule has 9 heteroatoms. The van der Waals surface area contributed by atoms with E-state index in [4.69, 9.17) is 33.1 Å². The van der Waals surface area contributed by atoms with Gasteiger partial charge in [0.25, 0.3) is 0 Å². The number of nitrogens with zero attached hydrogens (tertiary/aromatic N) is 1. The van der Waals surface area contributed by atoms with E-state index in [1.807, 2.05) is 6.92 Å². The minimum atomic E-state index is -1.00. The zero-order valence-electron chi connectivity index (χ0n) is 11.7. The summed E-state index contributed by atoms with van der Waals surface area (Å²) in [6, 6.07) is -1.49. The summed E-state index contributed by atoms with van der Waals surface area (Å²) >= 11 is 0. The first kappa shape index (κ1) is 20.4. The average Bonchev–Trinajstić information content (AvgIpc) is 2.34. The Bertz CT molecular complexity index is 318. The number of aliphatic imine (C=N–C) groups is 1. The number of nitrogens with two attached hydrogens (primary N) is 4. The van der Waals surface area contributed by atoms with Crippen molar-refractivity contribution in [3.63, 3.8) is 0 Å². The zero-order valence-corrected chi connectivity index (χ0v) is 11.7. The number of aliphatic carboxylic acids is 2. The van der Waals surface area contributed by atoms with Gasteiger partial charge in [0.15, 0.2) is 5.96 Å². The van der Waals surface area contributed by atoms with Gasteiger partial charge in [0.1, 0.15) is 12.1 Å². The van der Waals surface area contributed by atoms with Gasteiger partial charge in [-0.05, 0) is 19.3 Å². The molecule has 0 rings (SSSR count). The van der Waals surface area contributed by atoms with Crippen molar-refractivity contribution in [3.8, 4) is 0 Å². The van der Waals surface area contributed by atoms with Crippen molar-refractivity contribution in [2.75, 3.05) is 6.54 Å². The smallest absolute Gasteiger partial charge is 0.320 e. The van der Waals surface area contributed by atoms with Crippen molar-refractivity contribution in [2.45, 2.75) is 44.7 Å². The molecule has 118 valence electrons. The highest BCUT2D eigenvalue weighted by atomic mass is 16.4. The number of guanidine groups is 1. The number of carbonyl (C=O) groups is 2. The van der Waals surface area contributed by atoms with Gasteiger partial charge >= 0.3 is 11.9 Å². The molecule has 0 amide bonds. The van der Waals surface area contributed by atoms with Crippen molar-refractivity contribution in [1.82, 2.24) is 0 Å². The first-order chi connectivity index (χ1) is 9.22. The quantitative estimate of drug-likeness (QED) is 0.179. The minimum Gasteiger partial charge on any atom is -0.480 e. The van der Waals surface area contributed by atoms with Gasteiger partial charge in [0.2, 0.25) is 0 Å². The van der Waals surface area contributed by atoms with E-state index >= 15 is 0 Å². The SMILES string of the molecule is CCCC(N)C(=O)O.NC(N)=NCCC[C@H](N)C(=O)O. The summed E-state index contributed by atoms with van der Waals surface area (Å²) in [5.74, 6) is -1.90. The standard InChI is InChI=1S/C6H14N4O2.C5H11NO2/c7-4(5(11)12)2-1-3-10-6(8)9;1-2-3-4(6)5(7)8/h4H,1-3,7H2,(H,11,12)(H4,8,9,10);4H,2-3,6H2,1H3,(H,7,8)/t4-;/m0./s1. The lowest BCUT2D eigenvalue weighted by molar-refractivity contribution is -0.139. The summed E-state index contributed by atoms with van der Waals surface area (Å²) in [5, 5.41) is 16.6. The van der Waals surface area contributed by atoms with Crippen LogP contribution < -0.4 is 22.9 Å². The first-order valence-electron chi connectivity index (χ1n) is 6.24. The molecule has 0 aliphatic rings. The fourth-order valence-corrected chi connectivity index (χ4v) is 1.08. The van der Waals surface area contributed by atoms with E-state index in [-0.39, 0.29) is 5.96 Å². The van der Waals surface area contributed by atoms with Gasteiger partial charge in [-0.25, -0.2) is 0 Å². The van der Waals surface area contributed by atoms with E-state index in [2.05, 4.69) is 4.99 Å². The highest BCUT2D eigenvalue weighted by Gasteiger charge is 2.09. The Morgan fingerprint density at radius 2 is 1.50 bits per heavy atom. The van der Waals surface area contributed by atoms with Crippen LogP contribution in [0.15, 0.2) is 4.99 Å². The fraction of sp³-hybridized carbons (Fsp3) is 0.727. The second-order valence-corrected chi connectivity index (χ2v) is 4.13. The van der Waals surface area contributed by atoms with Crippen LogP contribution in [0.2, 0.25) is 0 Å². The van der Waals surface area contributed by atoms with E-state index in [1.165, 1.54) is 0 Å². The molecule has 0 aromatic heterocycles. The average molecular weight is 291 g/mol. The Labute approximate surface area is 118 Å². The molecule has 10 N–H and O–H groups in total. The third-order valence-electron chi connectivity index (χ3n) is 2.20. The molecule has 2 atom stereocenters. The number of carboxylic acid groups (broad SMARTS) is 2. The normalized spacial score (nSPS) is 12.6. The molecule has 0 aromatic rings. The van der Waals surface area contributed by atoms with E-state index < -0.39 is 24.0 Å². The summed E-state index contributed by atoms with van der Waals surface area (Å²) < 4.78 is 0. The van der Waals surface area contributed by atoms with E-state index in [1.54, 1.807) is 0 Å². The van der Waals surface area contributed by atoms with Crippen molar-refractivity contribution in [3.05, 3.63) is 0 Å². The van der Waals surface area contributed by atoms with Crippen LogP contribution in [0, 0.1) is 0 Å². The van der Waals surface area contributed by atoms with Crippen molar-refractivity contribution in [2.24, 2.45) is 27.9 Å². The Morgan fingerprint density at radius 3 is 1.80 bits per heavy atom. The largest absolute Gasteiger partial charge is 0.480 e. The number of hydrogen-bond acceptors (Lipinski definition) is 5. The molecule has 0 aliphatic heterocycles. The van der Waals surface area contributed by atoms with Crippen LogP contribution in [0.3, 0.4) is 0 Å². The third-order valence-corrected chi connectivity index (χ3v) is 2.20. The highest BCUT2D eigenvalue weighted by Crippen LogP contribution is 1.94. The summed E-state index contributed by atoms with van der Waals surface area (Å²) in [5.41, 5.74) is 20.4. The van der Waals surface area contributed by atoms with E-state index in [9.17, 15) is 9.59 Å². The lowest BCUT2D eigenvalue weighted by Crippen LogP contribution is -2.30. The maximum absolute atomic E-state index is 10.2. The fourth-order valence-electron chi connectivity index (χ4n) is 1.08. The lowest BCUT2D eigenvalue weighted by atomic mass is 10.2. The van der Waals surface area contributed by atoms with Crippen LogP contribution >= 0.6 is 0 Å². The van der Waals surface area contributed by atoms with Gasteiger partial charge < -0.3 is 33.1 Å². The second-order valence-electron chi connectivity index (χ2n) is 4.13. The molecule has 0 aromatic carbocycles. The molecule has 0 radical (unpaired) electrons. The number of carboxylic acids is 2. The minimum absolute atomic E-state index is 0.0129. The van der Waals surface area contributed by atoms with Gasteiger partial charge in [0.05, 0.1) is 0 Å². The summed E-state index contributed by atoms with van der Waals surface area (Å²) in [6.07, 6.45) is 2.35. The van der Waals surface area contributed by atoms with Crippen LogP contribution in [-0.2, 0) is 9.59 Å². The van der Waals surface area contributed by atoms with Gasteiger partial charge in [-0.3, -0.25) is 14.6 Å². The van der Waals surface area contributed by atoms with Gasteiger partial charge in [-0.1, -0.05) is 13.3 Å². The maximum atomic E-state index is 10.2. The van der Waals surface area contributed by atoms with Crippen molar-refractivity contribution >= 4 is 17.9 Å². The summed E-state index contributed by atoms with van der Waals surface area (Å²) in [7, 11) is 0. The molecular formula is C11H25N5O4. The molecule has 20 heavy (non-hydrogen) atoms. The van der Waals surface area contributed by atoms with Gasteiger partial charge in [-0.2, -0.15) is 0 Å². The molecule has 0 saturated carbocycles. The molecule has 0 fully saturated rings. The highest BCUT2D eigenvalue weighted by molar-refractivity contribution is 5.75. The Kier molecular flexibility index (Phi) is 12.5. The monoisotopic (exact) mass is 291 g/mol. The molecule has 0 spiro atoms. The molecule has 0 saturated heterocycles. The van der Waals surface area contributed by atoms with Crippen LogP contribution in [0.25, 0.3) is 0 Å². The lowest BCUT2D eigenvalue weighted by Gasteiger charge is -2.03. The molecule has 0 heterocycles. The summed E-state index contributed by atoms with van der Waals surface area (Å²) in [4.78, 5) is 23.9. The number of rotatable bonds is 8. The Morgan fingerprint density at radius 1 is 1.05 bits per heavy atom. The molecule has 9 nitrogen and oxygen atoms in total. The molecule has 0 aliphatic carbocycles. The van der Waals surface area contributed by atoms with Crippen LogP contribution in [0.5, 0.6) is 0 Å². The predicted molar refractivity (Wildman–Crippen MR) is 76.0 cm³/mol. The second kappa shape index (κ2) is 12.2. The van der Waals surface area contributed by atoms with Crippen molar-refractivity contribution < 1.29 is 19.8 Å². The summed E-state index contributed by atoms with van der Waals surface area (Å²) in [6.45, 7) is 2.33. The number of hydrogen-bond donors (Lipinski definition) is 6. The van der Waals surface area contributed by atoms with Crippen LogP contribution in [0.4, 0.5) is 0 Å². The molecule has 1 unspecified atom stereocenters. The zero-order chi connectivity index (χ0) is 16.1. The predicted octanol–water partition coefficient (Wildman–Crippen LogP) is -1.35. The van der Waals surface area contributed by atoms with Crippen LogP contribution in [-0.4, -0.2) is 46.7 Å². The van der Waals surface area contributed by atoms with E-state index in [0.717, 1.165) is 6.42 Å². The first-order valence-corrected chi connectivity index (χ1v) is 6.24. The van der Waals surface area contributed by atoms with Gasteiger partial charge in [0, 0.05) is 6.54 Å². The molecule has 0 bridgehead atoms. The third kappa shape index (κ3) is 14.2. The topological polar surface area (TPSA) is 191 Å². The van der Waals surface area contributed by atoms with Gasteiger partial charge in [-0.15, -0.1) is 0 Å². The van der Waals surface area contributed by atoms with Crippen LogP contribution in [0.1, 0.15) is 32.6 Å². The Balaban J connectivity index is 0. The van der Waals surface area contributed by atoms with E-state index in [0.29, 0.717) is 25.8 Å². The Hall–Kier alpha value is -1.87.